The first kappa shape index (κ1) is 15.0. The van der Waals surface area contributed by atoms with Crippen LogP contribution in [0.3, 0.4) is 0 Å². The van der Waals surface area contributed by atoms with E-state index in [1.807, 2.05) is 12.1 Å². The van der Waals surface area contributed by atoms with Crippen molar-refractivity contribution in [2.24, 2.45) is 0 Å². The van der Waals surface area contributed by atoms with Crippen LogP contribution >= 0.6 is 11.6 Å². The first-order valence-corrected chi connectivity index (χ1v) is 6.92. The van der Waals surface area contributed by atoms with Gasteiger partial charge in [0.25, 0.3) is 0 Å². The van der Waals surface area contributed by atoms with Crippen molar-refractivity contribution in [1.29, 1.82) is 5.26 Å². The predicted octanol–water partition coefficient (Wildman–Crippen LogP) is 4.27. The van der Waals surface area contributed by atoms with Crippen molar-refractivity contribution in [2.45, 2.75) is 52.1 Å². The summed E-state index contributed by atoms with van der Waals surface area (Å²) in [5.41, 5.74) is 1.85. The fourth-order valence-electron chi connectivity index (χ4n) is 2.17. The second-order valence-corrected chi connectivity index (χ2v) is 5.02. The van der Waals surface area contributed by atoms with E-state index >= 15 is 0 Å². The van der Waals surface area contributed by atoms with Gasteiger partial charge in [-0.2, -0.15) is 5.26 Å². The van der Waals surface area contributed by atoms with Gasteiger partial charge in [-0.25, -0.2) is 0 Å². The van der Waals surface area contributed by atoms with Crippen LogP contribution in [0.2, 0.25) is 5.02 Å². The maximum atomic E-state index is 8.80. The van der Waals surface area contributed by atoms with Gasteiger partial charge < -0.3 is 5.32 Å². The van der Waals surface area contributed by atoms with Crippen molar-refractivity contribution < 1.29 is 0 Å². The van der Waals surface area contributed by atoms with E-state index in [1.165, 1.54) is 0 Å². The molecule has 1 aromatic rings. The van der Waals surface area contributed by atoms with Gasteiger partial charge in [0.2, 0.25) is 0 Å². The van der Waals surface area contributed by atoms with E-state index in [0.29, 0.717) is 10.6 Å². The van der Waals surface area contributed by atoms with Crippen molar-refractivity contribution in [3.63, 3.8) is 0 Å². The topological polar surface area (TPSA) is 35.8 Å². The van der Waals surface area contributed by atoms with Gasteiger partial charge >= 0.3 is 0 Å². The van der Waals surface area contributed by atoms with Gasteiger partial charge in [-0.1, -0.05) is 38.4 Å². The monoisotopic (exact) mass is 264 g/mol. The molecule has 0 spiro atoms. The van der Waals surface area contributed by atoms with Crippen molar-refractivity contribution in [2.75, 3.05) is 0 Å². The molecule has 98 valence electrons. The quantitative estimate of drug-likeness (QED) is 0.833. The maximum absolute atomic E-state index is 8.80. The second kappa shape index (κ2) is 6.78. The largest absolute Gasteiger partial charge is 0.307 e. The number of hydrogen-bond acceptors (Lipinski definition) is 2. The first-order chi connectivity index (χ1) is 8.60. The van der Waals surface area contributed by atoms with Crippen LogP contribution in [0.15, 0.2) is 18.2 Å². The molecule has 0 bridgehead atoms. The zero-order chi connectivity index (χ0) is 13.6. The molecule has 0 fully saturated rings. The Morgan fingerprint density at radius 2 is 1.83 bits per heavy atom. The summed E-state index contributed by atoms with van der Waals surface area (Å²) < 4.78 is 0. The van der Waals surface area contributed by atoms with Crippen LogP contribution in [0.1, 0.15) is 51.2 Å². The highest BCUT2D eigenvalue weighted by Gasteiger charge is 2.22. The minimum absolute atomic E-state index is 0.192. The van der Waals surface area contributed by atoms with E-state index in [9.17, 15) is 0 Å². The van der Waals surface area contributed by atoms with Crippen molar-refractivity contribution >= 4 is 11.6 Å². The molecule has 0 unspecified atom stereocenters. The number of nitrogens with one attached hydrogen (secondary N) is 1. The predicted molar refractivity (Wildman–Crippen MR) is 76.6 cm³/mol. The van der Waals surface area contributed by atoms with Crippen molar-refractivity contribution in [3.05, 3.63) is 34.3 Å². The Morgan fingerprint density at radius 1 is 1.22 bits per heavy atom. The third kappa shape index (κ3) is 3.48. The zero-order valence-electron chi connectivity index (χ0n) is 11.4. The number of nitrogens with zero attached hydrogens (tertiary/aromatic N) is 1. The molecule has 0 aliphatic heterocycles. The summed E-state index contributed by atoms with van der Waals surface area (Å²) in [5.74, 6) is 0. The minimum atomic E-state index is 0.192. The molecule has 0 amide bonds. The average molecular weight is 265 g/mol. The molecule has 0 saturated carbocycles. The molecule has 0 aliphatic rings. The molecule has 1 N–H and O–H groups in total. The van der Waals surface area contributed by atoms with Crippen LogP contribution in [0.4, 0.5) is 0 Å². The van der Waals surface area contributed by atoms with E-state index in [1.54, 1.807) is 6.07 Å². The molecule has 1 rings (SSSR count). The molecule has 0 radical (unpaired) electrons. The standard InChI is InChI=1S/C15H21ClN2/c1-4-15(5-2,6-3)18-11-13-8-7-12(10-17)9-14(13)16/h7-9,18H,4-6,11H2,1-3H3. The molecule has 0 saturated heterocycles. The van der Waals surface area contributed by atoms with Gasteiger partial charge in [-0.3, -0.25) is 0 Å². The Hall–Kier alpha value is -1.04. The molecular weight excluding hydrogens is 244 g/mol. The van der Waals surface area contributed by atoms with E-state index in [-0.39, 0.29) is 5.54 Å². The molecule has 2 nitrogen and oxygen atoms in total. The van der Waals surface area contributed by atoms with Gasteiger partial charge in [0.15, 0.2) is 0 Å². The summed E-state index contributed by atoms with van der Waals surface area (Å²) >= 11 is 6.18. The normalized spacial score (nSPS) is 11.3. The SMILES string of the molecule is CCC(CC)(CC)NCc1ccc(C#N)cc1Cl. The lowest BCUT2D eigenvalue weighted by Crippen LogP contribution is -2.43. The molecule has 18 heavy (non-hydrogen) atoms. The lowest BCUT2D eigenvalue weighted by molar-refractivity contribution is 0.288. The Balaban J connectivity index is 2.77. The highest BCUT2D eigenvalue weighted by Crippen LogP contribution is 2.22. The van der Waals surface area contributed by atoms with Gasteiger partial charge in [0.1, 0.15) is 0 Å². The third-order valence-electron chi connectivity index (χ3n) is 3.87. The van der Waals surface area contributed by atoms with Crippen LogP contribution in [-0.4, -0.2) is 5.54 Å². The Kier molecular flexibility index (Phi) is 5.65. The number of nitriles is 1. The summed E-state index contributed by atoms with van der Waals surface area (Å²) in [7, 11) is 0. The number of halogens is 1. The van der Waals surface area contributed by atoms with E-state index in [2.05, 4.69) is 32.2 Å². The van der Waals surface area contributed by atoms with Gasteiger partial charge in [0.05, 0.1) is 11.6 Å². The molecule has 3 heteroatoms. The lowest BCUT2D eigenvalue weighted by Gasteiger charge is -2.32. The summed E-state index contributed by atoms with van der Waals surface area (Å²) in [4.78, 5) is 0. The summed E-state index contributed by atoms with van der Waals surface area (Å²) in [5, 5.41) is 13.1. The fourth-order valence-corrected chi connectivity index (χ4v) is 2.42. The minimum Gasteiger partial charge on any atom is -0.307 e. The number of hydrogen-bond donors (Lipinski definition) is 1. The Labute approximate surface area is 115 Å². The van der Waals surface area contributed by atoms with Crippen LogP contribution in [0, 0.1) is 11.3 Å². The lowest BCUT2D eigenvalue weighted by atomic mass is 9.89. The van der Waals surface area contributed by atoms with Crippen LogP contribution in [-0.2, 0) is 6.54 Å². The Morgan fingerprint density at radius 3 is 2.28 bits per heavy atom. The second-order valence-electron chi connectivity index (χ2n) is 4.61. The smallest absolute Gasteiger partial charge is 0.0992 e. The number of benzene rings is 1. The van der Waals surface area contributed by atoms with Gasteiger partial charge in [-0.15, -0.1) is 0 Å². The first-order valence-electron chi connectivity index (χ1n) is 6.54. The summed E-state index contributed by atoms with van der Waals surface area (Å²) in [6.45, 7) is 7.38. The molecule has 1 aromatic carbocycles. The van der Waals surface area contributed by atoms with Crippen LogP contribution in [0.5, 0.6) is 0 Å². The van der Waals surface area contributed by atoms with E-state index in [4.69, 9.17) is 16.9 Å². The zero-order valence-corrected chi connectivity index (χ0v) is 12.1. The highest BCUT2D eigenvalue weighted by atomic mass is 35.5. The highest BCUT2D eigenvalue weighted by molar-refractivity contribution is 6.31. The summed E-state index contributed by atoms with van der Waals surface area (Å²) in [6.07, 6.45) is 3.32. The average Bonchev–Trinajstić information content (AvgIpc) is 2.42. The molecule has 0 aromatic heterocycles. The molecule has 0 heterocycles. The van der Waals surface area contributed by atoms with E-state index < -0.39 is 0 Å². The van der Waals surface area contributed by atoms with E-state index in [0.717, 1.165) is 31.4 Å². The van der Waals surface area contributed by atoms with Crippen LogP contribution in [0.25, 0.3) is 0 Å². The summed E-state index contributed by atoms with van der Waals surface area (Å²) in [6, 6.07) is 7.57. The molecular formula is C15H21ClN2. The Bertz CT molecular complexity index is 422. The fraction of sp³-hybridized carbons (Fsp3) is 0.533. The molecule has 0 atom stereocenters. The van der Waals surface area contributed by atoms with Gasteiger partial charge in [-0.05, 0) is 37.0 Å². The molecule has 0 aliphatic carbocycles. The van der Waals surface area contributed by atoms with Crippen molar-refractivity contribution in [1.82, 2.24) is 5.32 Å². The van der Waals surface area contributed by atoms with Gasteiger partial charge in [0, 0.05) is 17.1 Å². The third-order valence-corrected chi connectivity index (χ3v) is 4.22. The number of rotatable bonds is 6. The van der Waals surface area contributed by atoms with Crippen molar-refractivity contribution in [3.8, 4) is 6.07 Å². The maximum Gasteiger partial charge on any atom is 0.0992 e. The van der Waals surface area contributed by atoms with Crippen LogP contribution < -0.4 is 5.32 Å².